The minimum atomic E-state index is 0.857. The third kappa shape index (κ3) is 6.97. The predicted octanol–water partition coefficient (Wildman–Crippen LogP) is 20.3. The SMILES string of the molecule is c1ccc(-c2ccc(N(c3ccc(-c4ccc(-c5ccc6ccccc6c5)cc4)cc3)c3ccc(-c4cccc5c4c4ccccc4n5-c4cccc5ccccc45)c4ccccc34)c3c2oc2ccccc23)cc1. The molecule has 0 N–H and O–H groups in total. The average molecular weight is 955 g/mol. The third-order valence-corrected chi connectivity index (χ3v) is 15.4. The van der Waals surface area contributed by atoms with E-state index in [9.17, 15) is 0 Å². The first-order valence-electron chi connectivity index (χ1n) is 25.7. The van der Waals surface area contributed by atoms with Crippen LogP contribution >= 0.6 is 0 Å². The molecule has 0 fully saturated rings. The number of furan rings is 1. The van der Waals surface area contributed by atoms with Crippen molar-refractivity contribution in [3.63, 3.8) is 0 Å². The number of hydrogen-bond donors (Lipinski definition) is 0. The van der Waals surface area contributed by atoms with E-state index in [4.69, 9.17) is 4.42 Å². The molecule has 0 bridgehead atoms. The van der Waals surface area contributed by atoms with Gasteiger partial charge in [0.2, 0.25) is 0 Å². The van der Waals surface area contributed by atoms with Crippen molar-refractivity contribution in [3.05, 3.63) is 279 Å². The van der Waals surface area contributed by atoms with Crippen LogP contribution in [-0.4, -0.2) is 4.57 Å². The van der Waals surface area contributed by atoms with Gasteiger partial charge in [-0.05, 0) is 121 Å². The van der Waals surface area contributed by atoms with E-state index in [1.807, 2.05) is 0 Å². The number of benzene rings is 13. The van der Waals surface area contributed by atoms with Crippen LogP contribution in [0.2, 0.25) is 0 Å². The van der Waals surface area contributed by atoms with Crippen LogP contribution in [0.3, 0.4) is 0 Å². The third-order valence-electron chi connectivity index (χ3n) is 15.4. The summed E-state index contributed by atoms with van der Waals surface area (Å²) in [5.41, 5.74) is 17.7. The molecule has 15 rings (SSSR count). The van der Waals surface area contributed by atoms with Crippen LogP contribution in [0.4, 0.5) is 17.1 Å². The Balaban J connectivity index is 0.920. The number of para-hydroxylation sites is 2. The van der Waals surface area contributed by atoms with Crippen molar-refractivity contribution in [3.8, 4) is 50.2 Å². The van der Waals surface area contributed by atoms with Crippen LogP contribution in [0.5, 0.6) is 0 Å². The van der Waals surface area contributed by atoms with E-state index in [1.165, 1.54) is 82.2 Å². The molecule has 0 saturated carbocycles. The smallest absolute Gasteiger partial charge is 0.145 e. The highest BCUT2D eigenvalue weighted by molar-refractivity contribution is 6.21. The molecule has 350 valence electrons. The van der Waals surface area contributed by atoms with Crippen molar-refractivity contribution >= 4 is 93.1 Å². The molecule has 0 spiro atoms. The van der Waals surface area contributed by atoms with Crippen LogP contribution in [-0.2, 0) is 0 Å². The average Bonchev–Trinajstić information content (AvgIpc) is 4.10. The Kier molecular flexibility index (Phi) is 9.89. The summed E-state index contributed by atoms with van der Waals surface area (Å²) in [5, 5.41) is 11.9. The number of nitrogens with zero attached hydrogens (tertiary/aromatic N) is 2. The fourth-order valence-electron chi connectivity index (χ4n) is 11.9. The standard InChI is InChI=1S/C72H46N2O/c1-2-17-52(18-3-1)57-42-45-68(71-63-26-11-13-31-69(63)75-72(57)71)73(55-40-38-49(39-41-55)48-32-34-50(35-33-48)54-37-36-47-16-4-5-20-53(47)46-54)66-44-43-59(58-23-8-9-24-60(58)66)61-27-15-30-67-70(61)62-25-10-12-28-65(62)74(67)64-29-14-21-51-19-6-7-22-56(51)64/h1-46H. The first kappa shape index (κ1) is 42.7. The van der Waals surface area contributed by atoms with Gasteiger partial charge in [-0.2, -0.15) is 0 Å². The molecule has 3 nitrogen and oxygen atoms in total. The van der Waals surface area contributed by atoms with E-state index in [-0.39, 0.29) is 0 Å². The zero-order chi connectivity index (χ0) is 49.4. The lowest BCUT2D eigenvalue weighted by Crippen LogP contribution is -2.11. The van der Waals surface area contributed by atoms with E-state index < -0.39 is 0 Å². The van der Waals surface area contributed by atoms with Crippen LogP contribution < -0.4 is 4.90 Å². The van der Waals surface area contributed by atoms with Gasteiger partial charge >= 0.3 is 0 Å². The molecule has 75 heavy (non-hydrogen) atoms. The van der Waals surface area contributed by atoms with Crippen molar-refractivity contribution in [1.82, 2.24) is 4.57 Å². The van der Waals surface area contributed by atoms with E-state index in [0.29, 0.717) is 0 Å². The van der Waals surface area contributed by atoms with Gasteiger partial charge in [0.05, 0.1) is 33.5 Å². The summed E-state index contributed by atoms with van der Waals surface area (Å²) in [6, 6.07) is 101. The van der Waals surface area contributed by atoms with Gasteiger partial charge in [-0.15, -0.1) is 0 Å². The van der Waals surface area contributed by atoms with Gasteiger partial charge in [-0.1, -0.05) is 218 Å². The normalized spacial score (nSPS) is 11.7. The fraction of sp³-hybridized carbons (Fsp3) is 0. The zero-order valence-corrected chi connectivity index (χ0v) is 40.9. The van der Waals surface area contributed by atoms with Gasteiger partial charge in [0.1, 0.15) is 11.2 Å². The second-order valence-corrected chi connectivity index (χ2v) is 19.6. The Bertz CT molecular complexity index is 4690. The monoisotopic (exact) mass is 954 g/mol. The quantitative estimate of drug-likeness (QED) is 0.151. The summed E-state index contributed by atoms with van der Waals surface area (Å²) >= 11 is 0. The highest BCUT2D eigenvalue weighted by Crippen LogP contribution is 2.50. The maximum Gasteiger partial charge on any atom is 0.145 e. The maximum absolute atomic E-state index is 6.91. The molecule has 13 aromatic carbocycles. The molecule has 15 aromatic rings. The molecular weight excluding hydrogens is 909 g/mol. The number of rotatable bonds is 8. The highest BCUT2D eigenvalue weighted by atomic mass is 16.3. The second-order valence-electron chi connectivity index (χ2n) is 19.6. The summed E-state index contributed by atoms with van der Waals surface area (Å²) in [4.78, 5) is 2.45. The lowest BCUT2D eigenvalue weighted by atomic mass is 9.93. The molecule has 0 amide bonds. The minimum absolute atomic E-state index is 0.857. The van der Waals surface area contributed by atoms with Crippen LogP contribution in [0.25, 0.3) is 126 Å². The van der Waals surface area contributed by atoms with Crippen molar-refractivity contribution in [2.45, 2.75) is 0 Å². The first-order valence-corrected chi connectivity index (χ1v) is 25.7. The van der Waals surface area contributed by atoms with Gasteiger partial charge in [-0.25, -0.2) is 0 Å². The number of anilines is 3. The van der Waals surface area contributed by atoms with Crippen molar-refractivity contribution in [2.75, 3.05) is 4.90 Å². The number of aromatic nitrogens is 1. The Labute approximate surface area is 434 Å². The summed E-state index contributed by atoms with van der Waals surface area (Å²) in [7, 11) is 0. The van der Waals surface area contributed by atoms with E-state index in [2.05, 4.69) is 289 Å². The fourth-order valence-corrected chi connectivity index (χ4v) is 11.9. The molecule has 2 aromatic heterocycles. The molecular formula is C72H46N2O. The van der Waals surface area contributed by atoms with Gasteiger partial charge < -0.3 is 13.9 Å². The van der Waals surface area contributed by atoms with E-state index >= 15 is 0 Å². The summed E-state index contributed by atoms with van der Waals surface area (Å²) in [5.74, 6) is 0. The Morgan fingerprint density at radius 2 is 0.867 bits per heavy atom. The lowest BCUT2D eigenvalue weighted by Gasteiger charge is -2.29. The zero-order valence-electron chi connectivity index (χ0n) is 40.9. The highest BCUT2D eigenvalue weighted by Gasteiger charge is 2.25. The van der Waals surface area contributed by atoms with E-state index in [0.717, 1.165) is 61.1 Å². The number of fused-ring (bicyclic) bond motifs is 9. The molecule has 0 aliphatic heterocycles. The van der Waals surface area contributed by atoms with Crippen molar-refractivity contribution in [1.29, 1.82) is 0 Å². The van der Waals surface area contributed by atoms with E-state index in [1.54, 1.807) is 0 Å². The Morgan fingerprint density at radius 3 is 1.68 bits per heavy atom. The predicted molar refractivity (Wildman–Crippen MR) is 317 cm³/mol. The molecule has 2 heterocycles. The van der Waals surface area contributed by atoms with Gasteiger partial charge in [0.15, 0.2) is 0 Å². The van der Waals surface area contributed by atoms with Crippen molar-refractivity contribution in [2.24, 2.45) is 0 Å². The number of hydrogen-bond acceptors (Lipinski definition) is 2. The Morgan fingerprint density at radius 1 is 0.293 bits per heavy atom. The summed E-state index contributed by atoms with van der Waals surface area (Å²) < 4.78 is 9.37. The molecule has 0 aliphatic carbocycles. The van der Waals surface area contributed by atoms with Crippen molar-refractivity contribution < 1.29 is 4.42 Å². The first-order chi connectivity index (χ1) is 37.2. The Hall–Kier alpha value is -9.96. The summed E-state index contributed by atoms with van der Waals surface area (Å²) in [6.07, 6.45) is 0. The molecule has 0 radical (unpaired) electrons. The van der Waals surface area contributed by atoms with Crippen LogP contribution in [0, 0.1) is 0 Å². The van der Waals surface area contributed by atoms with Gasteiger partial charge in [0, 0.05) is 38.2 Å². The largest absolute Gasteiger partial charge is 0.455 e. The molecule has 0 atom stereocenters. The lowest BCUT2D eigenvalue weighted by molar-refractivity contribution is 0.670. The van der Waals surface area contributed by atoms with Gasteiger partial charge in [-0.3, -0.25) is 0 Å². The van der Waals surface area contributed by atoms with Crippen LogP contribution in [0.15, 0.2) is 283 Å². The minimum Gasteiger partial charge on any atom is -0.455 e. The molecule has 3 heteroatoms. The molecule has 0 aliphatic rings. The molecule has 0 unspecified atom stereocenters. The molecule has 0 saturated heterocycles. The topological polar surface area (TPSA) is 21.3 Å². The summed E-state index contributed by atoms with van der Waals surface area (Å²) in [6.45, 7) is 0. The maximum atomic E-state index is 6.91. The second kappa shape index (κ2) is 17.4. The van der Waals surface area contributed by atoms with Crippen LogP contribution in [0.1, 0.15) is 0 Å². The van der Waals surface area contributed by atoms with Gasteiger partial charge in [0.25, 0.3) is 0 Å².